The second-order valence-electron chi connectivity index (χ2n) is 14.1. The maximum atomic E-state index is 13.6. The summed E-state index contributed by atoms with van der Waals surface area (Å²) in [6, 6.07) is 13.9. The normalized spacial score (nSPS) is 13.6. The fourth-order valence-electron chi connectivity index (χ4n) is 8.59. The monoisotopic (exact) mass is 818 g/mol. The molecule has 0 saturated heterocycles. The maximum Gasteiger partial charge on any atom is 0.340 e. The van der Waals surface area contributed by atoms with Gasteiger partial charge in [-0.05, 0) is 79.4 Å². The topological polar surface area (TPSA) is 181 Å². The second-order valence-corrected chi connectivity index (χ2v) is 14.1. The number of methoxy groups -OCH3 is 4. The van der Waals surface area contributed by atoms with E-state index in [1.165, 1.54) is 33.0 Å². The van der Waals surface area contributed by atoms with Crippen LogP contribution in [0.3, 0.4) is 0 Å². The number of carboxylic acids is 1. The Labute approximate surface area is 340 Å². The van der Waals surface area contributed by atoms with Gasteiger partial charge in [-0.15, -0.1) is 0 Å². The van der Waals surface area contributed by atoms with E-state index in [2.05, 4.69) is 0 Å². The number of benzene rings is 4. The Kier molecular flexibility index (Phi) is 9.41. The summed E-state index contributed by atoms with van der Waals surface area (Å²) in [5.41, 5.74) is 3.97. The molecule has 308 valence electrons. The number of hydrogen-bond acceptors (Lipinski definition) is 13. The third-order valence-corrected chi connectivity index (χ3v) is 11.2. The Bertz CT molecular complexity index is 2950. The number of nitrogens with zero attached hydrogens (tertiary/aromatic N) is 2. The highest BCUT2D eigenvalue weighted by molar-refractivity contribution is 6.12. The number of carbonyl (C=O) groups is 2. The Hall–Kier alpha value is -7.36. The minimum absolute atomic E-state index is 0.0420. The van der Waals surface area contributed by atoms with Crippen molar-refractivity contribution in [2.45, 2.75) is 32.9 Å². The number of aromatic carboxylic acids is 1. The number of ether oxygens (including phenoxy) is 9. The molecule has 4 aromatic carbocycles. The SMILES string of the molecule is CCOC(=O)c1c2n(c(=O)c3c(OC)c(OC)ccc13)CCc1cc3c(cc1-2)OCO3.COc1ccc2c(C(=O)O)c3n(c(=O)c2c1OC)CCc1cc2c(cc1-3)OCO2. The summed E-state index contributed by atoms with van der Waals surface area (Å²) < 4.78 is 52.1. The van der Waals surface area contributed by atoms with Crippen LogP contribution < -0.4 is 49.0 Å². The van der Waals surface area contributed by atoms with E-state index < -0.39 is 11.9 Å². The minimum Gasteiger partial charge on any atom is -0.493 e. The number of rotatable bonds is 7. The van der Waals surface area contributed by atoms with Crippen molar-refractivity contribution in [2.75, 3.05) is 48.6 Å². The van der Waals surface area contributed by atoms with E-state index in [-0.39, 0.29) is 53.4 Å². The molecule has 16 heteroatoms. The Morgan fingerprint density at radius 3 is 1.48 bits per heavy atom. The fraction of sp³-hybridized carbons (Fsp3) is 0.273. The van der Waals surface area contributed by atoms with E-state index in [9.17, 15) is 24.3 Å². The van der Waals surface area contributed by atoms with Crippen molar-refractivity contribution < 1.29 is 57.3 Å². The first-order valence-corrected chi connectivity index (χ1v) is 19.0. The molecule has 0 amide bonds. The number of aromatic nitrogens is 2. The maximum absolute atomic E-state index is 13.6. The second kappa shape index (κ2) is 14.8. The van der Waals surface area contributed by atoms with Gasteiger partial charge in [-0.25, -0.2) is 9.59 Å². The summed E-state index contributed by atoms with van der Waals surface area (Å²) in [7, 11) is 5.87. The molecule has 0 fully saturated rings. The Morgan fingerprint density at radius 1 is 0.633 bits per heavy atom. The molecule has 6 heterocycles. The standard InChI is InChI=1S/C23H21NO7.C21H17NO7/c1-4-29-23(26)18-13-5-6-15(27-2)21(28-3)19(13)22(25)24-8-7-12-9-16-17(31-11-30-16)10-14(12)20(18)24;1-26-13-4-3-11-16(21(24)25)18-12-8-15-14(28-9-29-15)7-10(12)5-6-22(18)20(23)17(11)19(13)27-2/h5-6,9-10H,4,7-8,11H2,1-3H3;3-4,7-8H,5-6,9H2,1-2H3,(H,24,25). The molecule has 0 aliphatic carbocycles. The van der Waals surface area contributed by atoms with Crippen molar-refractivity contribution in [1.82, 2.24) is 9.13 Å². The Balaban J connectivity index is 0.000000154. The fourth-order valence-corrected chi connectivity index (χ4v) is 8.59. The molecule has 2 aromatic heterocycles. The van der Waals surface area contributed by atoms with E-state index in [4.69, 9.17) is 42.6 Å². The van der Waals surface area contributed by atoms with Crippen LogP contribution in [0.5, 0.6) is 46.0 Å². The van der Waals surface area contributed by atoms with Gasteiger partial charge in [-0.2, -0.15) is 0 Å². The third kappa shape index (κ3) is 5.72. The first kappa shape index (κ1) is 38.2. The highest BCUT2D eigenvalue weighted by Crippen LogP contribution is 2.46. The van der Waals surface area contributed by atoms with Crippen LogP contribution >= 0.6 is 0 Å². The van der Waals surface area contributed by atoms with Crippen molar-refractivity contribution in [3.63, 3.8) is 0 Å². The number of pyridine rings is 2. The predicted molar refractivity (Wildman–Crippen MR) is 216 cm³/mol. The molecule has 6 aromatic rings. The molecule has 0 unspecified atom stereocenters. The van der Waals surface area contributed by atoms with Gasteiger partial charge in [-0.1, -0.05) is 0 Å². The average molecular weight is 819 g/mol. The summed E-state index contributed by atoms with van der Waals surface area (Å²) in [5.74, 6) is 2.09. The first-order valence-electron chi connectivity index (χ1n) is 19.0. The van der Waals surface area contributed by atoms with E-state index >= 15 is 0 Å². The third-order valence-electron chi connectivity index (χ3n) is 11.2. The Morgan fingerprint density at radius 2 is 1.07 bits per heavy atom. The van der Waals surface area contributed by atoms with Crippen LogP contribution in [0.15, 0.2) is 58.1 Å². The van der Waals surface area contributed by atoms with Gasteiger partial charge in [0.2, 0.25) is 13.6 Å². The number of carboxylic acid groups (broad SMARTS) is 1. The van der Waals surface area contributed by atoms with Crippen molar-refractivity contribution in [1.29, 1.82) is 0 Å². The molecule has 4 aliphatic heterocycles. The zero-order valence-electron chi connectivity index (χ0n) is 33.2. The molecule has 0 radical (unpaired) electrons. The average Bonchev–Trinajstić information content (AvgIpc) is 3.93. The van der Waals surface area contributed by atoms with Gasteiger partial charge in [0.1, 0.15) is 0 Å². The lowest BCUT2D eigenvalue weighted by atomic mass is 9.91. The first-order chi connectivity index (χ1) is 29.1. The highest BCUT2D eigenvalue weighted by Gasteiger charge is 2.33. The summed E-state index contributed by atoms with van der Waals surface area (Å²) in [4.78, 5) is 52.6. The van der Waals surface area contributed by atoms with Gasteiger partial charge in [0.15, 0.2) is 46.0 Å². The van der Waals surface area contributed by atoms with E-state index in [1.54, 1.807) is 41.8 Å². The lowest BCUT2D eigenvalue weighted by Crippen LogP contribution is -2.29. The number of carbonyl (C=O) groups excluding carboxylic acids is 1. The molecule has 0 atom stereocenters. The van der Waals surface area contributed by atoms with Crippen LogP contribution in [0.1, 0.15) is 38.8 Å². The van der Waals surface area contributed by atoms with Crippen LogP contribution in [0.2, 0.25) is 0 Å². The molecule has 4 aliphatic rings. The van der Waals surface area contributed by atoms with Crippen LogP contribution in [0.4, 0.5) is 0 Å². The zero-order valence-corrected chi connectivity index (χ0v) is 33.2. The van der Waals surface area contributed by atoms with Gasteiger partial charge < -0.3 is 56.9 Å². The molecular weight excluding hydrogens is 780 g/mol. The predicted octanol–water partition coefficient (Wildman–Crippen LogP) is 5.82. The van der Waals surface area contributed by atoms with Crippen molar-refractivity contribution in [2.24, 2.45) is 0 Å². The molecule has 0 spiro atoms. The summed E-state index contributed by atoms with van der Waals surface area (Å²) >= 11 is 0. The summed E-state index contributed by atoms with van der Waals surface area (Å²) in [6.45, 7) is 2.97. The quantitative estimate of drug-likeness (QED) is 0.191. The number of fused-ring (bicyclic) bond motifs is 10. The van der Waals surface area contributed by atoms with Gasteiger partial charge >= 0.3 is 11.9 Å². The molecule has 0 bridgehead atoms. The smallest absolute Gasteiger partial charge is 0.340 e. The van der Waals surface area contributed by atoms with E-state index in [0.29, 0.717) is 99.5 Å². The molecule has 10 rings (SSSR count). The highest BCUT2D eigenvalue weighted by atomic mass is 16.7. The lowest BCUT2D eigenvalue weighted by Gasteiger charge is -2.26. The molecule has 60 heavy (non-hydrogen) atoms. The van der Waals surface area contributed by atoms with Gasteiger partial charge in [-0.3, -0.25) is 9.59 Å². The summed E-state index contributed by atoms with van der Waals surface area (Å²) in [5, 5.41) is 11.3. The number of hydrogen-bond donors (Lipinski definition) is 1. The summed E-state index contributed by atoms with van der Waals surface area (Å²) in [6.07, 6.45) is 1.18. The van der Waals surface area contributed by atoms with E-state index in [0.717, 1.165) is 16.7 Å². The van der Waals surface area contributed by atoms with Gasteiger partial charge in [0.05, 0.1) is 68.3 Å². The molecular formula is C44H38N2O14. The van der Waals surface area contributed by atoms with Gasteiger partial charge in [0, 0.05) is 35.0 Å². The molecule has 0 saturated carbocycles. The largest absolute Gasteiger partial charge is 0.493 e. The molecule has 16 nitrogen and oxygen atoms in total. The van der Waals surface area contributed by atoms with Crippen LogP contribution in [-0.2, 0) is 30.7 Å². The van der Waals surface area contributed by atoms with Crippen LogP contribution in [0.25, 0.3) is 44.1 Å². The molecule has 1 N–H and O–H groups in total. The van der Waals surface area contributed by atoms with E-state index in [1.807, 2.05) is 18.2 Å². The minimum atomic E-state index is -1.13. The van der Waals surface area contributed by atoms with Crippen LogP contribution in [-0.4, -0.2) is 74.8 Å². The number of esters is 1. The van der Waals surface area contributed by atoms with Crippen LogP contribution in [0, 0.1) is 0 Å². The van der Waals surface area contributed by atoms with Crippen molar-refractivity contribution >= 4 is 33.5 Å². The van der Waals surface area contributed by atoms with Crippen molar-refractivity contribution in [3.8, 4) is 68.5 Å². The van der Waals surface area contributed by atoms with Crippen molar-refractivity contribution in [3.05, 3.63) is 91.5 Å². The van der Waals surface area contributed by atoms with Gasteiger partial charge in [0.25, 0.3) is 11.1 Å². The zero-order chi connectivity index (χ0) is 42.0. The lowest BCUT2D eigenvalue weighted by molar-refractivity contribution is 0.0528. The number of aryl methyl sites for hydroxylation is 2.